The van der Waals surface area contributed by atoms with E-state index in [1.54, 1.807) is 0 Å². The van der Waals surface area contributed by atoms with Crippen molar-refractivity contribution in [1.29, 1.82) is 0 Å². The number of hydrogen-bond acceptors (Lipinski definition) is 3. The smallest absolute Gasteiger partial charge is 0.174 e. The van der Waals surface area contributed by atoms with E-state index < -0.39 is 28.7 Å². The third-order valence-corrected chi connectivity index (χ3v) is 23.2. The molecule has 1 heterocycles. The topological polar surface area (TPSA) is 41.8 Å². The summed E-state index contributed by atoms with van der Waals surface area (Å²) in [5.41, 5.74) is 0. The molecule has 3 nitrogen and oxygen atoms in total. The molecule has 2 atom stereocenters. The van der Waals surface area contributed by atoms with Crippen LogP contribution in [0, 0.1) is 0 Å². The number of ketones is 1. The van der Waals surface area contributed by atoms with Gasteiger partial charge in [0.15, 0.2) is 11.1 Å². The number of azo groups is 1. The minimum Gasteiger partial charge on any atom is -0.296 e. The molecule has 0 saturated heterocycles. The van der Waals surface area contributed by atoms with Crippen molar-refractivity contribution >= 4 is 40.4 Å². The van der Waals surface area contributed by atoms with Crippen LogP contribution in [-0.2, 0) is 4.79 Å². The van der Waals surface area contributed by atoms with E-state index in [-0.39, 0.29) is 10.3 Å². The lowest BCUT2D eigenvalue weighted by molar-refractivity contribution is -0.122. The molecule has 0 radical (unpaired) electrons. The Balaban J connectivity index is 2.55. The Morgan fingerprint density at radius 2 is 1.60 bits per heavy atom. The molecule has 0 aromatic rings. The third-order valence-electron chi connectivity index (χ3n) is 4.69. The van der Waals surface area contributed by atoms with Crippen LogP contribution in [0.25, 0.3) is 0 Å². The highest BCUT2D eigenvalue weighted by molar-refractivity contribution is 7.91. The minimum atomic E-state index is -1.67. The Labute approximate surface area is 130 Å². The molecule has 1 fully saturated rings. The van der Waals surface area contributed by atoms with Crippen LogP contribution in [0.1, 0.15) is 25.7 Å². The largest absolute Gasteiger partial charge is 0.296 e. The maximum Gasteiger partial charge on any atom is 0.174 e. The van der Waals surface area contributed by atoms with Gasteiger partial charge in [0.05, 0.1) is 27.9 Å². The Kier molecular flexibility index (Phi) is 4.17. The van der Waals surface area contributed by atoms with Crippen molar-refractivity contribution in [2.24, 2.45) is 10.2 Å². The molecule has 0 bridgehead atoms. The molecule has 1 aliphatic carbocycles. The second-order valence-electron chi connectivity index (χ2n) is 8.10. The van der Waals surface area contributed by atoms with E-state index in [0.717, 1.165) is 19.3 Å². The molecule has 1 aliphatic heterocycles. The van der Waals surface area contributed by atoms with Crippen LogP contribution >= 0.6 is 18.5 Å². The van der Waals surface area contributed by atoms with Gasteiger partial charge >= 0.3 is 0 Å². The number of halogens is 1. The van der Waals surface area contributed by atoms with E-state index in [0.29, 0.717) is 6.42 Å². The summed E-state index contributed by atoms with van der Waals surface area (Å²) in [6.07, 6.45) is 3.51. The first kappa shape index (κ1) is 16.8. The summed E-state index contributed by atoms with van der Waals surface area (Å²) in [5, 5.41) is 8.82. The van der Waals surface area contributed by atoms with E-state index in [4.69, 9.17) is 16.4 Å². The van der Waals surface area contributed by atoms with Gasteiger partial charge in [-0.25, -0.2) is 0 Å². The van der Waals surface area contributed by atoms with Gasteiger partial charge in [-0.2, -0.15) is 10.2 Å². The Morgan fingerprint density at radius 3 is 2.00 bits per heavy atom. The molecular weight excluding hydrogens is 323 g/mol. The number of Topliss-reactive ketones (excluding diaryl/α,β-unsaturated/α-hetero) is 1. The summed E-state index contributed by atoms with van der Waals surface area (Å²) in [6.45, 7) is 14.0. The molecule has 20 heavy (non-hydrogen) atoms. The Bertz CT molecular complexity index is 444. The molecule has 1 spiro atoms. The van der Waals surface area contributed by atoms with Crippen LogP contribution in [0.5, 0.6) is 0 Å². The zero-order valence-corrected chi connectivity index (χ0v) is 17.1. The number of nitrogens with zero attached hydrogens (tertiary/aromatic N) is 2. The standard InChI is InChI=1S/C13H26ClN2OPSi2/c1-19(2,3)13(20(4,5)6)16-15-12(18(13)14)10-8-7-9-11(12)17/h7-10H2,1-6H3/t12-,18-/m0/s1. The zero-order chi connectivity index (χ0) is 15.4. The minimum absolute atomic E-state index is 0.177. The summed E-state index contributed by atoms with van der Waals surface area (Å²) in [7, 11) is -4.35. The first-order valence-electron chi connectivity index (χ1n) is 7.42. The lowest BCUT2D eigenvalue weighted by Gasteiger charge is -2.50. The first-order chi connectivity index (χ1) is 8.99. The fourth-order valence-electron chi connectivity index (χ4n) is 3.83. The van der Waals surface area contributed by atoms with Crippen molar-refractivity contribution in [1.82, 2.24) is 0 Å². The van der Waals surface area contributed by atoms with Crippen molar-refractivity contribution in [2.45, 2.75) is 74.8 Å². The van der Waals surface area contributed by atoms with Gasteiger partial charge in [-0.05, 0) is 19.3 Å². The molecule has 2 rings (SSSR count). The lowest BCUT2D eigenvalue weighted by atomic mass is 9.94. The molecule has 0 N–H and O–H groups in total. The van der Waals surface area contributed by atoms with E-state index >= 15 is 0 Å². The van der Waals surface area contributed by atoms with Gasteiger partial charge in [-0.1, -0.05) is 50.5 Å². The van der Waals surface area contributed by atoms with Crippen LogP contribution < -0.4 is 0 Å². The van der Waals surface area contributed by atoms with Gasteiger partial charge in [0.1, 0.15) is 0 Å². The summed E-state index contributed by atoms with van der Waals surface area (Å²) in [5.74, 6) is 0.256. The SMILES string of the molecule is C[Si](C)(C)C1([Si](C)(C)C)N=N[C@@]2(CCCCC2=O)[P@]1Cl. The Morgan fingerprint density at radius 1 is 1.05 bits per heavy atom. The summed E-state index contributed by atoms with van der Waals surface area (Å²) < 4.78 is -0.177. The zero-order valence-electron chi connectivity index (χ0n) is 13.5. The van der Waals surface area contributed by atoms with E-state index in [9.17, 15) is 4.79 Å². The number of carbonyl (C=O) groups excluding carboxylic acids is 1. The molecule has 0 aromatic carbocycles. The van der Waals surface area contributed by atoms with Crippen LogP contribution in [0.3, 0.4) is 0 Å². The molecular formula is C13H26ClN2OPSi2. The average Bonchev–Trinajstić information content (AvgIpc) is 2.58. The Hall–Kier alpha value is 0.424. The normalized spacial score (nSPS) is 34.0. The van der Waals surface area contributed by atoms with E-state index in [1.807, 2.05) is 0 Å². The molecule has 0 amide bonds. The second-order valence-corrected chi connectivity index (χ2v) is 22.9. The van der Waals surface area contributed by atoms with Crippen LogP contribution in [0.4, 0.5) is 0 Å². The summed E-state index contributed by atoms with van der Waals surface area (Å²) in [4.78, 5) is 12.6. The van der Waals surface area contributed by atoms with Gasteiger partial charge < -0.3 is 0 Å². The van der Waals surface area contributed by atoms with Crippen molar-refractivity contribution in [3.8, 4) is 0 Å². The first-order valence-corrected chi connectivity index (χ1v) is 16.7. The predicted molar refractivity (Wildman–Crippen MR) is 93.3 cm³/mol. The van der Waals surface area contributed by atoms with Gasteiger partial charge in [0, 0.05) is 6.42 Å². The monoisotopic (exact) mass is 348 g/mol. The lowest BCUT2D eigenvalue weighted by Crippen LogP contribution is -2.63. The van der Waals surface area contributed by atoms with Gasteiger partial charge in [0.25, 0.3) is 0 Å². The van der Waals surface area contributed by atoms with Gasteiger partial charge in [-0.15, -0.1) is 0 Å². The second kappa shape index (κ2) is 4.97. The van der Waals surface area contributed by atoms with E-state index in [2.05, 4.69) is 44.4 Å². The van der Waals surface area contributed by atoms with Crippen molar-refractivity contribution < 1.29 is 4.79 Å². The third kappa shape index (κ3) is 2.12. The van der Waals surface area contributed by atoms with Crippen molar-refractivity contribution in [3.63, 3.8) is 0 Å². The fraction of sp³-hybridized carbons (Fsp3) is 0.923. The maximum absolute atomic E-state index is 12.6. The predicted octanol–water partition coefficient (Wildman–Crippen LogP) is 5.38. The van der Waals surface area contributed by atoms with Crippen LogP contribution in [-0.4, -0.2) is 31.7 Å². The quantitative estimate of drug-likeness (QED) is 0.488. The molecule has 114 valence electrons. The number of rotatable bonds is 2. The van der Waals surface area contributed by atoms with Gasteiger partial charge in [0.2, 0.25) is 0 Å². The molecule has 0 aromatic heterocycles. The average molecular weight is 349 g/mol. The van der Waals surface area contributed by atoms with Crippen LogP contribution in [0.2, 0.25) is 39.3 Å². The highest BCUT2D eigenvalue weighted by Gasteiger charge is 2.68. The highest BCUT2D eigenvalue weighted by atomic mass is 35.7. The number of carbonyl (C=O) groups is 1. The van der Waals surface area contributed by atoms with Crippen LogP contribution in [0.15, 0.2) is 10.2 Å². The highest BCUT2D eigenvalue weighted by Crippen LogP contribution is 2.75. The van der Waals surface area contributed by atoms with Crippen molar-refractivity contribution in [2.75, 3.05) is 0 Å². The molecule has 1 saturated carbocycles. The maximum atomic E-state index is 12.6. The number of hydrogen-bond donors (Lipinski definition) is 0. The summed E-state index contributed by atoms with van der Waals surface area (Å²) in [6, 6.07) is 0. The molecule has 2 aliphatic rings. The molecule has 7 heteroatoms. The summed E-state index contributed by atoms with van der Waals surface area (Å²) >= 11 is 7.06. The van der Waals surface area contributed by atoms with Gasteiger partial charge in [-0.3, -0.25) is 4.79 Å². The van der Waals surface area contributed by atoms with Crippen molar-refractivity contribution in [3.05, 3.63) is 0 Å². The fourth-order valence-corrected chi connectivity index (χ4v) is 26.1. The van der Waals surface area contributed by atoms with E-state index in [1.165, 1.54) is 0 Å². The molecule has 0 unspecified atom stereocenters.